The van der Waals surface area contributed by atoms with Gasteiger partial charge in [0.2, 0.25) is 10.0 Å². The molecular formula is C34H40N2O5SSi. The predicted octanol–water partition coefficient (Wildman–Crippen LogP) is 6.18. The lowest BCUT2D eigenvalue weighted by Gasteiger charge is -2.43. The van der Waals surface area contributed by atoms with Crippen LogP contribution in [0.3, 0.4) is 0 Å². The Morgan fingerprint density at radius 3 is 1.81 bits per heavy atom. The highest BCUT2D eigenvalue weighted by atomic mass is 32.2. The van der Waals surface area contributed by atoms with Gasteiger partial charge in [-0.15, -0.1) is 0 Å². The normalized spacial score (nSPS) is 13.1. The summed E-state index contributed by atoms with van der Waals surface area (Å²) in [5.41, 5.74) is 0.559. The van der Waals surface area contributed by atoms with E-state index in [2.05, 4.69) is 45.0 Å². The highest BCUT2D eigenvalue weighted by molar-refractivity contribution is 7.89. The van der Waals surface area contributed by atoms with Crippen molar-refractivity contribution in [1.82, 2.24) is 4.31 Å². The molecule has 0 aliphatic heterocycles. The molecule has 0 aromatic heterocycles. The fourth-order valence-corrected chi connectivity index (χ4v) is 12.1. The van der Waals surface area contributed by atoms with Crippen LogP contribution >= 0.6 is 0 Å². The summed E-state index contributed by atoms with van der Waals surface area (Å²) in [7, 11) is -7.01. The molecular weight excluding hydrogens is 577 g/mol. The van der Waals surface area contributed by atoms with Crippen molar-refractivity contribution < 1.29 is 17.8 Å². The van der Waals surface area contributed by atoms with Crippen molar-refractivity contribution in [2.45, 2.75) is 56.5 Å². The Morgan fingerprint density at radius 1 is 0.814 bits per heavy atom. The van der Waals surface area contributed by atoms with Crippen LogP contribution in [-0.4, -0.2) is 45.2 Å². The summed E-state index contributed by atoms with van der Waals surface area (Å²) in [4.78, 5) is 10.9. The molecule has 0 bridgehead atoms. The van der Waals surface area contributed by atoms with E-state index in [1.165, 1.54) is 28.6 Å². The topological polar surface area (TPSA) is 89.8 Å². The molecule has 4 rings (SSSR count). The van der Waals surface area contributed by atoms with Gasteiger partial charge in [-0.3, -0.25) is 10.1 Å². The zero-order valence-electron chi connectivity index (χ0n) is 25.2. The number of nitro benzene ring substituents is 1. The van der Waals surface area contributed by atoms with Gasteiger partial charge in [0.1, 0.15) is 0 Å². The molecule has 0 saturated heterocycles. The number of benzene rings is 4. The summed E-state index contributed by atoms with van der Waals surface area (Å²) in [5, 5.41) is 13.9. The van der Waals surface area contributed by atoms with E-state index in [9.17, 15) is 18.5 Å². The molecule has 0 spiro atoms. The van der Waals surface area contributed by atoms with Crippen LogP contribution in [0.4, 0.5) is 5.69 Å². The Morgan fingerprint density at radius 2 is 1.30 bits per heavy atom. The summed E-state index contributed by atoms with van der Waals surface area (Å²) >= 11 is 0. The zero-order valence-corrected chi connectivity index (χ0v) is 27.0. The standard InChI is InChI=1S/C34H40N2O5SSi/c1-28(25-27-41-43(34(2,3)4,30-18-10-6-11-19-30)31-20-12-7-13-21-31)35(26-24-29-16-8-5-9-17-29)42(39,40)33-23-15-14-22-32(33)36(37)38/h5-23,28H,24-27H2,1-4H3. The van der Waals surface area contributed by atoms with E-state index in [1.807, 2.05) is 73.7 Å². The SMILES string of the molecule is CC(CCO[Si](c1ccccc1)(c1ccccc1)C(C)(C)C)N(CCc1ccccc1)S(=O)(=O)c1ccccc1[N+](=O)[O-]. The molecule has 1 atom stereocenters. The van der Waals surface area contributed by atoms with Crippen LogP contribution in [0.25, 0.3) is 0 Å². The minimum absolute atomic E-state index is 0.179. The second-order valence-corrected chi connectivity index (χ2v) is 17.9. The monoisotopic (exact) mass is 616 g/mol. The highest BCUT2D eigenvalue weighted by Gasteiger charge is 2.50. The van der Waals surface area contributed by atoms with Crippen molar-refractivity contribution in [2.24, 2.45) is 0 Å². The summed E-state index contributed by atoms with van der Waals surface area (Å²) in [5.74, 6) is 0. The maximum atomic E-state index is 14.1. The van der Waals surface area contributed by atoms with Gasteiger partial charge in [-0.05, 0) is 46.8 Å². The van der Waals surface area contributed by atoms with E-state index >= 15 is 0 Å². The highest BCUT2D eigenvalue weighted by Crippen LogP contribution is 2.37. The van der Waals surface area contributed by atoms with E-state index in [1.54, 1.807) is 0 Å². The van der Waals surface area contributed by atoms with E-state index in [0.717, 1.165) is 15.9 Å². The van der Waals surface area contributed by atoms with Crippen LogP contribution < -0.4 is 10.4 Å². The van der Waals surface area contributed by atoms with E-state index in [0.29, 0.717) is 19.4 Å². The minimum atomic E-state index is -4.20. The fourth-order valence-electron chi connectivity index (χ4n) is 5.70. The molecule has 7 nitrogen and oxygen atoms in total. The second-order valence-electron chi connectivity index (χ2n) is 11.7. The Balaban J connectivity index is 1.67. The van der Waals surface area contributed by atoms with Gasteiger partial charge in [0.25, 0.3) is 14.0 Å². The van der Waals surface area contributed by atoms with Gasteiger partial charge in [-0.1, -0.05) is 124 Å². The molecule has 226 valence electrons. The van der Waals surface area contributed by atoms with E-state index in [4.69, 9.17) is 4.43 Å². The lowest BCUT2D eigenvalue weighted by molar-refractivity contribution is -0.387. The van der Waals surface area contributed by atoms with Gasteiger partial charge in [0.15, 0.2) is 4.90 Å². The average molecular weight is 617 g/mol. The lowest BCUT2D eigenvalue weighted by Crippen LogP contribution is -2.66. The average Bonchev–Trinajstić information content (AvgIpc) is 3.00. The number of hydrogen-bond donors (Lipinski definition) is 0. The molecule has 1 unspecified atom stereocenters. The largest absolute Gasteiger partial charge is 0.407 e. The first kappa shape index (κ1) is 32.3. The summed E-state index contributed by atoms with van der Waals surface area (Å²) in [6, 6.07) is 35.3. The molecule has 4 aromatic carbocycles. The van der Waals surface area contributed by atoms with Crippen molar-refractivity contribution in [3.05, 3.63) is 131 Å². The first-order valence-electron chi connectivity index (χ1n) is 14.5. The molecule has 0 radical (unpaired) electrons. The number of rotatable bonds is 13. The van der Waals surface area contributed by atoms with Crippen LogP contribution in [0.2, 0.25) is 5.04 Å². The number of para-hydroxylation sites is 1. The minimum Gasteiger partial charge on any atom is -0.407 e. The Labute approximate surface area is 256 Å². The molecule has 0 aliphatic carbocycles. The first-order valence-corrected chi connectivity index (χ1v) is 17.9. The molecule has 43 heavy (non-hydrogen) atoms. The molecule has 0 fully saturated rings. The van der Waals surface area contributed by atoms with E-state index < -0.39 is 35.0 Å². The van der Waals surface area contributed by atoms with Crippen LogP contribution in [0.15, 0.2) is 120 Å². The molecule has 0 heterocycles. The molecule has 0 aliphatic rings. The number of nitrogens with zero attached hydrogens (tertiary/aromatic N) is 2. The quantitative estimate of drug-likeness (QED) is 0.102. The van der Waals surface area contributed by atoms with Gasteiger partial charge in [0.05, 0.1) is 4.92 Å². The second kappa shape index (κ2) is 13.8. The van der Waals surface area contributed by atoms with Gasteiger partial charge in [0, 0.05) is 25.3 Å². The van der Waals surface area contributed by atoms with Crippen LogP contribution in [-0.2, 0) is 20.9 Å². The van der Waals surface area contributed by atoms with Crippen LogP contribution in [0.1, 0.15) is 39.7 Å². The summed E-state index contributed by atoms with van der Waals surface area (Å²) < 4.78 is 36.6. The van der Waals surface area contributed by atoms with Crippen molar-refractivity contribution >= 4 is 34.4 Å². The van der Waals surface area contributed by atoms with Crippen molar-refractivity contribution in [1.29, 1.82) is 0 Å². The smallest absolute Gasteiger partial charge is 0.289 e. The fraction of sp³-hybridized carbons (Fsp3) is 0.294. The summed E-state index contributed by atoms with van der Waals surface area (Å²) in [6.45, 7) is 8.96. The zero-order chi connectivity index (χ0) is 31.1. The van der Waals surface area contributed by atoms with E-state index in [-0.39, 0.29) is 16.5 Å². The molecule has 0 amide bonds. The Hall–Kier alpha value is -3.63. The van der Waals surface area contributed by atoms with Crippen LogP contribution in [0.5, 0.6) is 0 Å². The van der Waals surface area contributed by atoms with Crippen molar-refractivity contribution in [3.63, 3.8) is 0 Å². The lowest BCUT2D eigenvalue weighted by atomic mass is 10.1. The van der Waals surface area contributed by atoms with Crippen molar-refractivity contribution in [3.8, 4) is 0 Å². The van der Waals surface area contributed by atoms with Crippen molar-refractivity contribution in [2.75, 3.05) is 13.2 Å². The third kappa shape index (κ3) is 7.13. The first-order chi connectivity index (χ1) is 20.5. The summed E-state index contributed by atoms with van der Waals surface area (Å²) in [6.07, 6.45) is 0.889. The number of sulfonamides is 1. The van der Waals surface area contributed by atoms with Crippen LogP contribution in [0, 0.1) is 10.1 Å². The molecule has 0 N–H and O–H groups in total. The van der Waals surface area contributed by atoms with Gasteiger partial charge in [-0.2, -0.15) is 4.31 Å². The molecule has 0 saturated carbocycles. The Kier molecular flexibility index (Phi) is 10.3. The van der Waals surface area contributed by atoms with Gasteiger partial charge < -0.3 is 4.43 Å². The van der Waals surface area contributed by atoms with Gasteiger partial charge in [-0.25, -0.2) is 8.42 Å². The number of hydrogen-bond acceptors (Lipinski definition) is 5. The Bertz CT molecular complexity index is 1550. The molecule has 9 heteroatoms. The predicted molar refractivity (Wildman–Crippen MR) is 175 cm³/mol. The number of nitro groups is 1. The maximum Gasteiger partial charge on any atom is 0.289 e. The third-order valence-electron chi connectivity index (χ3n) is 7.87. The third-order valence-corrected chi connectivity index (χ3v) is 15.0. The maximum absolute atomic E-state index is 14.1. The molecule has 4 aromatic rings. The van der Waals surface area contributed by atoms with Gasteiger partial charge >= 0.3 is 0 Å².